The highest BCUT2D eigenvalue weighted by atomic mass is 32.1. The first-order chi connectivity index (χ1) is 8.66. The normalized spacial score (nSPS) is 10.0. The van der Waals surface area contributed by atoms with Gasteiger partial charge in [-0.1, -0.05) is 41.0 Å². The van der Waals surface area contributed by atoms with Crippen molar-refractivity contribution in [3.8, 4) is 0 Å². The van der Waals surface area contributed by atoms with E-state index in [4.69, 9.17) is 18.0 Å². The average Bonchev–Trinajstić information content (AvgIpc) is 2.90. The van der Waals surface area contributed by atoms with Crippen LogP contribution in [0.3, 0.4) is 0 Å². The van der Waals surface area contributed by atoms with E-state index in [1.807, 2.05) is 24.3 Å². The molecule has 0 saturated carbocycles. The zero-order chi connectivity index (χ0) is 13.0. The lowest BCUT2D eigenvalue weighted by Gasteiger charge is -2.04. The molecule has 0 spiro atoms. The molecule has 1 amide bonds. The number of carbonyl (C=O) groups excluding carboxylic acids is 1. The number of rotatable bonds is 4. The molecule has 3 N–H and O–H groups in total. The summed E-state index contributed by atoms with van der Waals surface area (Å²) < 4.78 is 3.63. The summed E-state index contributed by atoms with van der Waals surface area (Å²) in [6.07, 6.45) is 1.44. The molecule has 0 unspecified atom stereocenters. The number of nitrogens with two attached hydrogens (primary N) is 1. The lowest BCUT2D eigenvalue weighted by Crippen LogP contribution is -2.21. The third kappa shape index (κ3) is 3.08. The van der Waals surface area contributed by atoms with Crippen LogP contribution < -0.4 is 11.1 Å². The fourth-order valence-electron chi connectivity index (χ4n) is 1.32. The number of amides is 1. The number of carbonyl (C=O) groups is 1. The van der Waals surface area contributed by atoms with Gasteiger partial charge in [0, 0.05) is 12.1 Å². The Labute approximate surface area is 113 Å². The van der Waals surface area contributed by atoms with Crippen molar-refractivity contribution in [1.82, 2.24) is 14.9 Å². The zero-order valence-corrected chi connectivity index (χ0v) is 10.9. The lowest BCUT2D eigenvalue weighted by atomic mass is 10.1. The van der Waals surface area contributed by atoms with E-state index in [2.05, 4.69) is 14.9 Å². The number of hydrogen-bond acceptors (Lipinski definition) is 5. The van der Waals surface area contributed by atoms with Crippen molar-refractivity contribution in [1.29, 1.82) is 0 Å². The van der Waals surface area contributed by atoms with Gasteiger partial charge >= 0.3 is 0 Å². The third-order valence-electron chi connectivity index (χ3n) is 2.28. The second-order valence-corrected chi connectivity index (χ2v) is 4.75. The Morgan fingerprint density at radius 3 is 2.67 bits per heavy atom. The summed E-state index contributed by atoms with van der Waals surface area (Å²) >= 11 is 5.93. The van der Waals surface area contributed by atoms with Crippen molar-refractivity contribution in [2.24, 2.45) is 5.73 Å². The monoisotopic (exact) mass is 278 g/mol. The maximum atomic E-state index is 11.6. The minimum atomic E-state index is -0.177. The van der Waals surface area contributed by atoms with E-state index in [1.165, 1.54) is 6.20 Å². The molecule has 2 rings (SSSR count). The molecule has 0 saturated heterocycles. The third-order valence-corrected chi connectivity index (χ3v) is 3.18. The van der Waals surface area contributed by atoms with Crippen LogP contribution in [0, 0.1) is 0 Å². The molecule has 0 radical (unpaired) electrons. The van der Waals surface area contributed by atoms with Gasteiger partial charge in [-0.2, -0.15) is 0 Å². The van der Waals surface area contributed by atoms with E-state index in [1.54, 1.807) is 0 Å². The summed E-state index contributed by atoms with van der Waals surface area (Å²) in [5, 5.41) is 6.39. The maximum Gasteiger partial charge on any atom is 0.264 e. The van der Waals surface area contributed by atoms with Gasteiger partial charge in [0.25, 0.3) is 5.91 Å². The first-order valence-electron chi connectivity index (χ1n) is 5.11. The van der Waals surface area contributed by atoms with Crippen LogP contribution in [0.15, 0.2) is 30.5 Å². The van der Waals surface area contributed by atoms with Crippen LogP contribution in [0.25, 0.3) is 0 Å². The van der Waals surface area contributed by atoms with Gasteiger partial charge in [-0.15, -0.1) is 5.10 Å². The number of nitrogens with one attached hydrogen (secondary N) is 1. The molecule has 2 aromatic rings. The summed E-state index contributed by atoms with van der Waals surface area (Å²) in [6.45, 7) is 0.439. The molecule has 7 heteroatoms. The molecule has 0 aliphatic rings. The predicted octanol–water partition coefficient (Wildman–Crippen LogP) is 1.10. The van der Waals surface area contributed by atoms with Crippen molar-refractivity contribution < 1.29 is 4.79 Å². The van der Waals surface area contributed by atoms with Gasteiger partial charge in [0.1, 0.15) is 9.87 Å². The molecule has 0 aliphatic heterocycles. The quantitative estimate of drug-likeness (QED) is 0.819. The fourth-order valence-corrected chi connectivity index (χ4v) is 1.89. The van der Waals surface area contributed by atoms with E-state index >= 15 is 0 Å². The predicted molar refractivity (Wildman–Crippen MR) is 73.4 cm³/mol. The van der Waals surface area contributed by atoms with Crippen molar-refractivity contribution >= 4 is 34.6 Å². The molecule has 92 valence electrons. The fraction of sp³-hybridized carbons (Fsp3) is 0.0909. The van der Waals surface area contributed by atoms with E-state index in [9.17, 15) is 4.79 Å². The van der Waals surface area contributed by atoms with Crippen LogP contribution in [-0.4, -0.2) is 20.5 Å². The lowest BCUT2D eigenvalue weighted by molar-refractivity contribution is 0.0955. The van der Waals surface area contributed by atoms with Gasteiger partial charge in [-0.3, -0.25) is 4.79 Å². The molecule has 18 heavy (non-hydrogen) atoms. The molecular weight excluding hydrogens is 268 g/mol. The van der Waals surface area contributed by atoms with Crippen LogP contribution in [0.1, 0.15) is 20.8 Å². The number of benzene rings is 1. The second kappa shape index (κ2) is 5.65. The van der Waals surface area contributed by atoms with Crippen molar-refractivity contribution in [2.75, 3.05) is 0 Å². The van der Waals surface area contributed by atoms with Crippen LogP contribution >= 0.6 is 23.8 Å². The average molecular weight is 278 g/mol. The zero-order valence-electron chi connectivity index (χ0n) is 9.29. The van der Waals surface area contributed by atoms with Gasteiger partial charge < -0.3 is 11.1 Å². The summed E-state index contributed by atoms with van der Waals surface area (Å²) in [7, 11) is 0. The topological polar surface area (TPSA) is 80.9 Å². The molecule has 1 heterocycles. The van der Waals surface area contributed by atoms with Gasteiger partial charge in [0.05, 0.1) is 6.20 Å². The Kier molecular flexibility index (Phi) is 3.96. The Morgan fingerprint density at radius 1 is 1.39 bits per heavy atom. The SMILES string of the molecule is NC(=S)c1ccc(CNC(=O)c2cnns2)cc1. The van der Waals surface area contributed by atoms with Crippen LogP contribution in [0.2, 0.25) is 0 Å². The molecule has 0 aliphatic carbocycles. The van der Waals surface area contributed by atoms with Crippen molar-refractivity contribution in [3.63, 3.8) is 0 Å². The Morgan fingerprint density at radius 2 is 2.11 bits per heavy atom. The molecule has 0 fully saturated rings. The van der Waals surface area contributed by atoms with E-state index in [0.29, 0.717) is 16.4 Å². The Balaban J connectivity index is 1.94. The first-order valence-corrected chi connectivity index (χ1v) is 6.29. The van der Waals surface area contributed by atoms with Gasteiger partial charge in [-0.25, -0.2) is 0 Å². The Hall–Kier alpha value is -1.86. The number of nitrogens with zero attached hydrogens (tertiary/aromatic N) is 2. The van der Waals surface area contributed by atoms with Crippen LogP contribution in [0.4, 0.5) is 0 Å². The van der Waals surface area contributed by atoms with Crippen molar-refractivity contribution in [3.05, 3.63) is 46.5 Å². The van der Waals surface area contributed by atoms with Gasteiger partial charge in [0.15, 0.2) is 0 Å². The molecule has 0 bridgehead atoms. The second-order valence-electron chi connectivity index (χ2n) is 3.53. The summed E-state index contributed by atoms with van der Waals surface area (Å²) in [5.41, 5.74) is 7.28. The van der Waals surface area contributed by atoms with E-state index < -0.39 is 0 Å². The molecular formula is C11H10N4OS2. The molecule has 0 atom stereocenters. The van der Waals surface area contributed by atoms with Crippen LogP contribution in [0.5, 0.6) is 0 Å². The van der Waals surface area contributed by atoms with Gasteiger partial charge in [-0.05, 0) is 17.1 Å². The largest absolute Gasteiger partial charge is 0.389 e. The first kappa shape index (κ1) is 12.6. The summed E-state index contributed by atoms with van der Waals surface area (Å²) in [6, 6.07) is 7.41. The van der Waals surface area contributed by atoms with E-state index in [0.717, 1.165) is 22.7 Å². The number of hydrogen-bond donors (Lipinski definition) is 2. The number of thiocarbonyl (C=S) groups is 1. The highest BCUT2D eigenvalue weighted by Crippen LogP contribution is 2.06. The number of aromatic nitrogens is 2. The molecule has 1 aromatic carbocycles. The van der Waals surface area contributed by atoms with Crippen LogP contribution in [-0.2, 0) is 6.54 Å². The van der Waals surface area contributed by atoms with Gasteiger partial charge in [0.2, 0.25) is 0 Å². The molecule has 5 nitrogen and oxygen atoms in total. The standard InChI is InChI=1S/C11H10N4OS2/c12-10(17)8-3-1-7(2-4-8)5-13-11(16)9-6-14-15-18-9/h1-4,6H,5H2,(H2,12,17)(H,13,16). The van der Waals surface area contributed by atoms with E-state index in [-0.39, 0.29) is 5.91 Å². The highest BCUT2D eigenvalue weighted by molar-refractivity contribution is 7.80. The van der Waals surface area contributed by atoms with Crippen molar-refractivity contribution in [2.45, 2.75) is 6.54 Å². The summed E-state index contributed by atoms with van der Waals surface area (Å²) in [4.78, 5) is 12.5. The molecule has 1 aromatic heterocycles. The Bertz CT molecular complexity index is 551. The minimum Gasteiger partial charge on any atom is -0.389 e. The smallest absolute Gasteiger partial charge is 0.264 e. The highest BCUT2D eigenvalue weighted by Gasteiger charge is 2.07. The summed E-state index contributed by atoms with van der Waals surface area (Å²) in [5.74, 6) is -0.177. The minimum absolute atomic E-state index is 0.177. The maximum absolute atomic E-state index is 11.6.